The summed E-state index contributed by atoms with van der Waals surface area (Å²) >= 11 is -0.414. The maximum absolute atomic E-state index is 10.7. The third-order valence-corrected chi connectivity index (χ3v) is 3.24. The number of rotatable bonds is 6. The fraction of sp³-hybridized carbons (Fsp3) is 0.714. The van der Waals surface area contributed by atoms with Crippen molar-refractivity contribution in [1.29, 1.82) is 0 Å². The Bertz CT molecular complexity index is 291. The molecular weight excluding hydrogens is 251 g/mol. The Morgan fingerprint density at radius 1 is 1.29 bits per heavy atom. The summed E-state index contributed by atoms with van der Waals surface area (Å²) in [6.45, 7) is -0.925. The van der Waals surface area contributed by atoms with Crippen molar-refractivity contribution in [3.8, 4) is 0 Å². The Morgan fingerprint density at radius 2 is 1.76 bits per heavy atom. The van der Waals surface area contributed by atoms with E-state index in [1.807, 2.05) is 0 Å². The topological polar surface area (TPSA) is 165 Å². The van der Waals surface area contributed by atoms with E-state index < -0.39 is 67.8 Å². The van der Waals surface area contributed by atoms with Crippen molar-refractivity contribution in [2.45, 2.75) is 21.2 Å². The molecule has 0 unspecified atom stereocenters. The van der Waals surface area contributed by atoms with Crippen LogP contribution < -0.4 is 0 Å². The van der Waals surface area contributed by atoms with Crippen LogP contribution in [0.25, 0.3) is 0 Å². The van der Waals surface area contributed by atoms with E-state index in [-0.39, 0.29) is 0 Å². The van der Waals surface area contributed by atoms with Gasteiger partial charge in [-0.25, -0.2) is 0 Å². The van der Waals surface area contributed by atoms with Crippen molar-refractivity contribution in [1.82, 2.24) is 0 Å². The Kier molecular flexibility index (Phi) is 6.34. The molecule has 0 aromatic heterocycles. The van der Waals surface area contributed by atoms with E-state index in [2.05, 4.69) is 4.74 Å². The zero-order valence-electron chi connectivity index (χ0n) is 8.85. The van der Waals surface area contributed by atoms with Crippen molar-refractivity contribution >= 4 is 40.1 Å². The van der Waals surface area contributed by atoms with Crippen LogP contribution in [0.5, 0.6) is 0 Å². The number of ether oxygens (including phenoxy) is 1. The van der Waals surface area contributed by atoms with Gasteiger partial charge in [0.25, 0.3) is 0 Å². The summed E-state index contributed by atoms with van der Waals surface area (Å²) in [5.41, 5.74) is 0. The molecule has 0 radical (unpaired) electrons. The molecule has 0 amide bonds. The molecule has 0 aromatic rings. The molecule has 0 bridgehead atoms. The molecule has 94 valence electrons. The number of carboxylic acid groups (broad SMARTS) is 2. The van der Waals surface area contributed by atoms with E-state index in [1.165, 1.54) is 0 Å². The Hall–Kier alpha value is -0.420. The summed E-state index contributed by atoms with van der Waals surface area (Å²) in [5.74, 6) is -1.81. The van der Waals surface area contributed by atoms with Crippen molar-refractivity contribution in [3.63, 3.8) is 0 Å². The van der Waals surface area contributed by atoms with Crippen molar-refractivity contribution in [2.75, 3.05) is 6.61 Å². The average Bonchev–Trinajstić information content (AvgIpc) is 2.22. The normalized spacial score (nSPS) is 19.9. The van der Waals surface area contributed by atoms with Gasteiger partial charge in [-0.05, 0) is 0 Å². The summed E-state index contributed by atoms with van der Waals surface area (Å²) < 4.78 is 1.48. The van der Waals surface area contributed by atoms with Gasteiger partial charge < -0.3 is 0 Å². The quantitative estimate of drug-likeness (QED) is 0.212. The van der Waals surface area contributed by atoms with Gasteiger partial charge in [-0.3, -0.25) is 0 Å². The second-order valence-electron chi connectivity index (χ2n) is 3.52. The molecule has 0 aromatic carbocycles. The number of aliphatic hydroxyl groups excluding tert-OH is 3. The van der Waals surface area contributed by atoms with Gasteiger partial charge in [0.05, 0.1) is 0 Å². The summed E-state index contributed by atoms with van der Waals surface area (Å²) in [7, 11) is 0. The monoisotopic (exact) mass is 262 g/mol. The average molecular weight is 262 g/mol. The predicted octanol–water partition coefficient (Wildman–Crippen LogP) is -3.29. The number of hydrogen-bond acceptors (Lipinski definition) is 7. The zero-order chi connectivity index (χ0) is 13.8. The fourth-order valence-electron chi connectivity index (χ4n) is 1.16. The molecule has 0 saturated carbocycles. The van der Waals surface area contributed by atoms with Crippen LogP contribution in [0.3, 0.4) is 0 Å². The summed E-state index contributed by atoms with van der Waals surface area (Å²) in [4.78, 5) is 21.0. The molecule has 10 heteroatoms. The minimum absolute atomic E-state index is 0.414. The molecule has 0 spiro atoms. The standard InChI is InChI=1S/C7H11O9.Na/c8-1-2(9)3(10)4(11)5(6(12)13)16-7(14)15;/h2-3,5,8-11H,1H2,(H,12,13)(H,14,15);/t2-,3-,5-;/m1./s1. The van der Waals surface area contributed by atoms with Gasteiger partial charge in [0.2, 0.25) is 0 Å². The SMILES string of the molecule is O=C(O)O[C@@H](C(=O)O)[C@](O)([Na])[C@H](O)[C@H](O)CO. The molecule has 0 aliphatic rings. The Balaban J connectivity index is 5.06. The molecule has 0 fully saturated rings. The molecule has 0 aliphatic carbocycles. The van der Waals surface area contributed by atoms with E-state index >= 15 is 0 Å². The first-order chi connectivity index (χ1) is 7.64. The maximum atomic E-state index is 10.7. The molecule has 17 heavy (non-hydrogen) atoms. The molecule has 0 saturated heterocycles. The van der Waals surface area contributed by atoms with Crippen LogP contribution in [-0.2, 0) is 9.53 Å². The number of aliphatic hydroxyl groups is 4. The van der Waals surface area contributed by atoms with E-state index in [0.717, 1.165) is 0 Å². The van der Waals surface area contributed by atoms with Crippen LogP contribution in [0.4, 0.5) is 4.79 Å². The first kappa shape index (κ1) is 16.6. The van der Waals surface area contributed by atoms with Crippen molar-refractivity contribution in [2.24, 2.45) is 0 Å². The second kappa shape index (κ2) is 6.50. The van der Waals surface area contributed by atoms with Crippen LogP contribution in [-0.4, -0.2) is 98.5 Å². The first-order valence-electron chi connectivity index (χ1n) is 4.46. The van der Waals surface area contributed by atoms with Crippen LogP contribution in [0.1, 0.15) is 0 Å². The van der Waals surface area contributed by atoms with Gasteiger partial charge in [0, 0.05) is 0 Å². The van der Waals surface area contributed by atoms with Gasteiger partial charge in [0.15, 0.2) is 0 Å². The molecule has 6 N–H and O–H groups in total. The van der Waals surface area contributed by atoms with Crippen LogP contribution in [0.2, 0.25) is 0 Å². The Labute approximate surface area is 113 Å². The van der Waals surface area contributed by atoms with Crippen LogP contribution >= 0.6 is 0 Å². The van der Waals surface area contributed by atoms with E-state index in [1.54, 1.807) is 0 Å². The molecule has 0 rings (SSSR count). The molecular formula is C7H11NaO9. The molecule has 0 heterocycles. The summed E-state index contributed by atoms with van der Waals surface area (Å²) in [6.07, 6.45) is -8.04. The molecule has 9 nitrogen and oxygen atoms in total. The summed E-state index contributed by atoms with van der Waals surface area (Å²) in [5, 5.41) is 53.8. The van der Waals surface area contributed by atoms with Crippen LogP contribution in [0, 0.1) is 0 Å². The van der Waals surface area contributed by atoms with Gasteiger partial charge >= 0.3 is 113 Å². The van der Waals surface area contributed by atoms with Gasteiger partial charge in [-0.2, -0.15) is 0 Å². The van der Waals surface area contributed by atoms with Crippen molar-refractivity contribution in [3.05, 3.63) is 0 Å². The third kappa shape index (κ3) is 4.39. The van der Waals surface area contributed by atoms with Gasteiger partial charge in [-0.1, -0.05) is 0 Å². The third-order valence-electron chi connectivity index (χ3n) is 2.12. The number of carboxylic acids is 1. The fourth-order valence-corrected chi connectivity index (χ4v) is 1.91. The number of aliphatic carboxylic acids is 1. The summed E-state index contributed by atoms with van der Waals surface area (Å²) in [6, 6.07) is 0. The van der Waals surface area contributed by atoms with E-state index in [0.29, 0.717) is 0 Å². The second-order valence-corrected chi connectivity index (χ2v) is 5.12. The minimum atomic E-state index is -2.47. The molecule has 0 aliphatic heterocycles. The first-order valence-corrected chi connectivity index (χ1v) is 5.46. The van der Waals surface area contributed by atoms with Gasteiger partial charge in [0.1, 0.15) is 0 Å². The van der Waals surface area contributed by atoms with Crippen molar-refractivity contribution < 1.29 is 45.0 Å². The van der Waals surface area contributed by atoms with Crippen LogP contribution in [0.15, 0.2) is 0 Å². The molecule has 4 atom stereocenters. The van der Waals surface area contributed by atoms with Gasteiger partial charge in [-0.15, -0.1) is 0 Å². The van der Waals surface area contributed by atoms with E-state index in [9.17, 15) is 19.8 Å². The number of carbonyl (C=O) groups is 2. The number of hydrogen-bond donors (Lipinski definition) is 6. The Morgan fingerprint density at radius 3 is 2.06 bits per heavy atom. The zero-order valence-corrected chi connectivity index (χ0v) is 10.8. The predicted molar refractivity (Wildman–Crippen MR) is 50.3 cm³/mol. The van der Waals surface area contributed by atoms with E-state index in [4.69, 9.17) is 20.4 Å².